The summed E-state index contributed by atoms with van der Waals surface area (Å²) in [5.41, 5.74) is 6.98. The van der Waals surface area contributed by atoms with Crippen molar-refractivity contribution in [3.63, 3.8) is 0 Å². The van der Waals surface area contributed by atoms with E-state index in [9.17, 15) is 0 Å². The van der Waals surface area contributed by atoms with Crippen LogP contribution in [0.3, 0.4) is 0 Å². The topological polar surface area (TPSA) is 20.5 Å². The first-order valence-corrected chi connectivity index (χ1v) is 10.4. The van der Waals surface area contributed by atoms with Crippen molar-refractivity contribution in [2.45, 2.75) is 27.7 Å². The standard InChI is InChI=1S/C23H26IN3/c1-5-26(6-2)22-13-9-21(10-14-22)25-16-19-15-17(3)27(18(19)4)23-11-7-20(24)8-12-23/h7-16H,5-6H2,1-4H3. The van der Waals surface area contributed by atoms with Crippen molar-refractivity contribution in [3.8, 4) is 5.69 Å². The van der Waals surface area contributed by atoms with Gasteiger partial charge in [0.25, 0.3) is 0 Å². The number of aryl methyl sites for hydroxylation is 1. The van der Waals surface area contributed by atoms with Gasteiger partial charge in [0, 0.05) is 51.2 Å². The highest BCUT2D eigenvalue weighted by molar-refractivity contribution is 14.1. The normalized spacial score (nSPS) is 11.3. The summed E-state index contributed by atoms with van der Waals surface area (Å²) in [5, 5.41) is 0. The molecular formula is C23H26IN3. The van der Waals surface area contributed by atoms with Crippen LogP contribution in [0.2, 0.25) is 0 Å². The monoisotopic (exact) mass is 471 g/mol. The number of rotatable bonds is 6. The molecule has 0 bridgehead atoms. The summed E-state index contributed by atoms with van der Waals surface area (Å²) >= 11 is 2.34. The summed E-state index contributed by atoms with van der Waals surface area (Å²) in [4.78, 5) is 7.03. The van der Waals surface area contributed by atoms with Gasteiger partial charge in [-0.25, -0.2) is 0 Å². The highest BCUT2D eigenvalue weighted by Crippen LogP contribution is 2.23. The van der Waals surface area contributed by atoms with Crippen molar-refractivity contribution in [1.29, 1.82) is 0 Å². The Hall–Kier alpha value is -2.08. The number of hydrogen-bond acceptors (Lipinski definition) is 2. The summed E-state index contributed by atoms with van der Waals surface area (Å²) in [6.45, 7) is 10.7. The average molecular weight is 471 g/mol. The number of nitrogens with zero attached hydrogens (tertiary/aromatic N) is 3. The molecule has 0 radical (unpaired) electrons. The molecule has 0 aliphatic heterocycles. The fourth-order valence-corrected chi connectivity index (χ4v) is 3.75. The lowest BCUT2D eigenvalue weighted by Crippen LogP contribution is -2.21. The van der Waals surface area contributed by atoms with Gasteiger partial charge in [0.1, 0.15) is 0 Å². The van der Waals surface area contributed by atoms with E-state index in [2.05, 4.69) is 114 Å². The summed E-state index contributed by atoms with van der Waals surface area (Å²) in [5.74, 6) is 0. The van der Waals surface area contributed by atoms with Gasteiger partial charge in [0.15, 0.2) is 0 Å². The summed E-state index contributed by atoms with van der Waals surface area (Å²) in [6.07, 6.45) is 1.97. The third kappa shape index (κ3) is 4.43. The number of halogens is 1. The van der Waals surface area contributed by atoms with Gasteiger partial charge >= 0.3 is 0 Å². The lowest BCUT2D eigenvalue weighted by molar-refractivity contribution is 0.866. The van der Waals surface area contributed by atoms with E-state index in [0.29, 0.717) is 0 Å². The molecule has 1 aromatic heterocycles. The molecule has 0 aliphatic rings. The molecule has 0 N–H and O–H groups in total. The molecule has 0 saturated heterocycles. The molecule has 3 aromatic rings. The van der Waals surface area contributed by atoms with Crippen LogP contribution in [0.25, 0.3) is 5.69 Å². The fourth-order valence-electron chi connectivity index (χ4n) is 3.39. The van der Waals surface area contributed by atoms with Crippen LogP contribution in [0.1, 0.15) is 30.8 Å². The van der Waals surface area contributed by atoms with Crippen LogP contribution in [0.15, 0.2) is 59.6 Å². The molecule has 0 aliphatic carbocycles. The number of hydrogen-bond donors (Lipinski definition) is 0. The molecule has 1 heterocycles. The Morgan fingerprint density at radius 3 is 2.19 bits per heavy atom. The van der Waals surface area contributed by atoms with Gasteiger partial charge in [-0.3, -0.25) is 4.99 Å². The highest BCUT2D eigenvalue weighted by atomic mass is 127. The summed E-state index contributed by atoms with van der Waals surface area (Å²) in [7, 11) is 0. The smallest absolute Gasteiger partial charge is 0.0631 e. The minimum absolute atomic E-state index is 0.977. The second-order valence-corrected chi connectivity index (χ2v) is 7.83. The van der Waals surface area contributed by atoms with Crippen LogP contribution in [0.4, 0.5) is 11.4 Å². The second-order valence-electron chi connectivity index (χ2n) is 6.59. The molecule has 2 aromatic carbocycles. The van der Waals surface area contributed by atoms with Gasteiger partial charge in [-0.05, 0) is 105 Å². The Kier molecular flexibility index (Phi) is 6.37. The Balaban J connectivity index is 1.84. The van der Waals surface area contributed by atoms with Crippen molar-refractivity contribution in [1.82, 2.24) is 4.57 Å². The maximum absolute atomic E-state index is 4.69. The van der Waals surface area contributed by atoms with Crippen molar-refractivity contribution >= 4 is 40.2 Å². The molecule has 0 fully saturated rings. The van der Waals surface area contributed by atoms with Crippen molar-refractivity contribution < 1.29 is 0 Å². The van der Waals surface area contributed by atoms with Crippen LogP contribution in [0.5, 0.6) is 0 Å². The lowest BCUT2D eigenvalue weighted by atomic mass is 10.2. The van der Waals surface area contributed by atoms with E-state index in [-0.39, 0.29) is 0 Å². The van der Waals surface area contributed by atoms with Gasteiger partial charge < -0.3 is 9.47 Å². The minimum Gasteiger partial charge on any atom is -0.372 e. The Bertz CT molecular complexity index is 918. The maximum Gasteiger partial charge on any atom is 0.0631 e. The van der Waals surface area contributed by atoms with Crippen LogP contribution in [0, 0.1) is 17.4 Å². The highest BCUT2D eigenvalue weighted by Gasteiger charge is 2.09. The lowest BCUT2D eigenvalue weighted by Gasteiger charge is -2.20. The van der Waals surface area contributed by atoms with Gasteiger partial charge in [-0.2, -0.15) is 0 Å². The molecule has 0 unspecified atom stereocenters. The molecule has 0 spiro atoms. The van der Waals surface area contributed by atoms with E-state index in [1.165, 1.54) is 26.3 Å². The van der Waals surface area contributed by atoms with Gasteiger partial charge in [-0.15, -0.1) is 0 Å². The predicted molar refractivity (Wildman–Crippen MR) is 125 cm³/mol. The zero-order chi connectivity index (χ0) is 19.4. The first-order chi connectivity index (χ1) is 13.0. The van der Waals surface area contributed by atoms with Crippen molar-refractivity contribution in [2.75, 3.05) is 18.0 Å². The SMILES string of the molecule is CCN(CC)c1ccc(N=Cc2cc(C)n(-c3ccc(I)cc3)c2C)cc1. The van der Waals surface area contributed by atoms with Crippen LogP contribution < -0.4 is 4.90 Å². The van der Waals surface area contributed by atoms with Gasteiger partial charge in [0.05, 0.1) is 5.69 Å². The molecule has 4 heteroatoms. The predicted octanol–water partition coefficient (Wildman–Crippen LogP) is 6.30. The van der Waals surface area contributed by atoms with Gasteiger partial charge in [-0.1, -0.05) is 0 Å². The van der Waals surface area contributed by atoms with E-state index in [4.69, 9.17) is 4.99 Å². The molecule has 0 atom stereocenters. The fraction of sp³-hybridized carbons (Fsp3) is 0.261. The first kappa shape index (κ1) is 19.7. The van der Waals surface area contributed by atoms with Crippen molar-refractivity contribution in [2.24, 2.45) is 4.99 Å². The zero-order valence-corrected chi connectivity index (χ0v) is 18.6. The summed E-state index contributed by atoms with van der Waals surface area (Å²) in [6, 6.07) is 19.3. The number of anilines is 1. The first-order valence-electron chi connectivity index (χ1n) is 9.37. The van der Waals surface area contributed by atoms with E-state index < -0.39 is 0 Å². The summed E-state index contributed by atoms with van der Waals surface area (Å²) < 4.78 is 3.52. The molecule has 0 amide bonds. The molecular weight excluding hydrogens is 445 g/mol. The van der Waals surface area contributed by atoms with Gasteiger partial charge in [0.2, 0.25) is 0 Å². The largest absolute Gasteiger partial charge is 0.372 e. The average Bonchev–Trinajstić information content (AvgIpc) is 2.96. The zero-order valence-electron chi connectivity index (χ0n) is 16.4. The van der Waals surface area contributed by atoms with E-state index in [1.54, 1.807) is 0 Å². The van der Waals surface area contributed by atoms with Crippen LogP contribution in [-0.2, 0) is 0 Å². The van der Waals surface area contributed by atoms with E-state index in [0.717, 1.165) is 24.3 Å². The van der Waals surface area contributed by atoms with E-state index >= 15 is 0 Å². The number of aromatic nitrogens is 1. The maximum atomic E-state index is 4.69. The van der Waals surface area contributed by atoms with Crippen LogP contribution in [-0.4, -0.2) is 23.9 Å². The third-order valence-corrected chi connectivity index (χ3v) is 5.61. The number of benzene rings is 2. The number of aliphatic imine (C=N–C) groups is 1. The molecule has 0 saturated carbocycles. The molecule has 3 rings (SSSR count). The molecule has 140 valence electrons. The molecule has 3 nitrogen and oxygen atoms in total. The quantitative estimate of drug-likeness (QED) is 0.306. The third-order valence-electron chi connectivity index (χ3n) is 4.89. The minimum atomic E-state index is 0.977. The Morgan fingerprint density at radius 2 is 1.59 bits per heavy atom. The van der Waals surface area contributed by atoms with Crippen molar-refractivity contribution in [3.05, 3.63) is 75.1 Å². The molecule has 27 heavy (non-hydrogen) atoms. The van der Waals surface area contributed by atoms with E-state index in [1.807, 2.05) is 6.21 Å². The second kappa shape index (κ2) is 8.74. The Morgan fingerprint density at radius 1 is 0.963 bits per heavy atom. The Labute approximate surface area is 175 Å². The van der Waals surface area contributed by atoms with Crippen LogP contribution >= 0.6 is 22.6 Å².